The topological polar surface area (TPSA) is 69.7 Å². The molecular weight excluding hydrogens is 326 g/mol. The zero-order valence-corrected chi connectivity index (χ0v) is 14.7. The third-order valence-electron chi connectivity index (χ3n) is 5.21. The number of fused-ring (bicyclic) bond motifs is 1. The van der Waals surface area contributed by atoms with Gasteiger partial charge in [-0.2, -0.15) is 0 Å². The first kappa shape index (κ1) is 15.9. The summed E-state index contributed by atoms with van der Waals surface area (Å²) in [7, 11) is -3.25. The van der Waals surface area contributed by atoms with Crippen molar-refractivity contribution in [3.05, 3.63) is 29.3 Å². The zero-order valence-electron chi connectivity index (χ0n) is 13.9. The van der Waals surface area contributed by atoms with Crippen LogP contribution >= 0.6 is 0 Å². The van der Waals surface area contributed by atoms with E-state index in [1.165, 1.54) is 23.4 Å². The number of anilines is 1. The third kappa shape index (κ3) is 3.02. The van der Waals surface area contributed by atoms with Gasteiger partial charge >= 0.3 is 0 Å². The van der Waals surface area contributed by atoms with Crippen LogP contribution in [-0.2, 0) is 16.4 Å². The molecule has 0 unspecified atom stereocenters. The van der Waals surface area contributed by atoms with Gasteiger partial charge in [0.25, 0.3) is 5.91 Å². The van der Waals surface area contributed by atoms with Crippen LogP contribution in [-0.4, -0.2) is 57.2 Å². The molecule has 1 saturated heterocycles. The maximum Gasteiger partial charge on any atom is 0.251 e. The van der Waals surface area contributed by atoms with Gasteiger partial charge < -0.3 is 5.32 Å². The number of rotatable bonds is 4. The number of nitrogens with one attached hydrogen (secondary N) is 1. The van der Waals surface area contributed by atoms with Crippen molar-refractivity contribution >= 4 is 21.6 Å². The van der Waals surface area contributed by atoms with Crippen molar-refractivity contribution < 1.29 is 13.2 Å². The standard InChI is InChI=1S/C17H23N3O3S/c1-24(22,23)20-9-6-12-10-13(2-5-16(12)20)17(21)18-14-7-8-19(11-14)15-3-4-15/h2,5,10,14-15H,3-4,6-9,11H2,1H3,(H,18,21)/t14-/m0/s1. The van der Waals surface area contributed by atoms with E-state index in [-0.39, 0.29) is 11.9 Å². The quantitative estimate of drug-likeness (QED) is 0.880. The molecule has 1 aromatic carbocycles. The lowest BCUT2D eigenvalue weighted by atomic mass is 10.1. The molecule has 130 valence electrons. The maximum atomic E-state index is 12.5. The molecule has 1 aromatic rings. The highest BCUT2D eigenvalue weighted by molar-refractivity contribution is 7.92. The molecule has 0 bridgehead atoms. The van der Waals surface area contributed by atoms with Gasteiger partial charge in [-0.1, -0.05) is 0 Å². The number of carbonyl (C=O) groups excluding carboxylic acids is 1. The van der Waals surface area contributed by atoms with E-state index in [0.717, 1.165) is 31.1 Å². The molecule has 1 amide bonds. The maximum absolute atomic E-state index is 12.5. The van der Waals surface area contributed by atoms with Crippen LogP contribution in [0, 0.1) is 0 Å². The number of sulfonamides is 1. The Bertz CT molecular complexity index is 773. The van der Waals surface area contributed by atoms with Crippen LogP contribution in [0.2, 0.25) is 0 Å². The summed E-state index contributed by atoms with van der Waals surface area (Å²) in [6, 6.07) is 6.28. The fraction of sp³-hybridized carbons (Fsp3) is 0.588. The number of hydrogen-bond donors (Lipinski definition) is 1. The van der Waals surface area contributed by atoms with Gasteiger partial charge in [-0.05, 0) is 49.4 Å². The zero-order chi connectivity index (χ0) is 16.9. The highest BCUT2D eigenvalue weighted by Gasteiger charge is 2.35. The monoisotopic (exact) mass is 349 g/mol. The lowest BCUT2D eigenvalue weighted by Crippen LogP contribution is -2.37. The second-order valence-corrected chi connectivity index (χ2v) is 9.02. The predicted octanol–water partition coefficient (Wildman–Crippen LogP) is 0.975. The minimum atomic E-state index is -3.25. The van der Waals surface area contributed by atoms with E-state index in [9.17, 15) is 13.2 Å². The Kier molecular flexibility index (Phi) is 3.80. The summed E-state index contributed by atoms with van der Waals surface area (Å²) in [5.74, 6) is -0.0572. The van der Waals surface area contributed by atoms with Crippen molar-refractivity contribution in [1.82, 2.24) is 10.2 Å². The van der Waals surface area contributed by atoms with Crippen molar-refractivity contribution in [3.63, 3.8) is 0 Å². The van der Waals surface area contributed by atoms with Crippen LogP contribution < -0.4 is 9.62 Å². The first-order chi connectivity index (χ1) is 11.4. The summed E-state index contributed by atoms with van der Waals surface area (Å²) in [5, 5.41) is 3.13. The second kappa shape index (κ2) is 5.74. The van der Waals surface area contributed by atoms with E-state index in [0.29, 0.717) is 24.2 Å². The first-order valence-electron chi connectivity index (χ1n) is 8.57. The molecule has 1 N–H and O–H groups in total. The van der Waals surface area contributed by atoms with Gasteiger partial charge in [-0.15, -0.1) is 0 Å². The smallest absolute Gasteiger partial charge is 0.251 e. The Labute approximate surface area is 142 Å². The molecule has 6 nitrogen and oxygen atoms in total. The normalized spacial score (nSPS) is 24.2. The second-order valence-electron chi connectivity index (χ2n) is 7.11. The molecule has 4 rings (SSSR count). The largest absolute Gasteiger partial charge is 0.348 e. The van der Waals surface area contributed by atoms with Crippen LogP contribution in [0.4, 0.5) is 5.69 Å². The third-order valence-corrected chi connectivity index (χ3v) is 6.39. The van der Waals surface area contributed by atoms with Gasteiger partial charge in [0, 0.05) is 37.3 Å². The summed E-state index contributed by atoms with van der Waals surface area (Å²) in [4.78, 5) is 15.0. The molecule has 0 radical (unpaired) electrons. The fourth-order valence-electron chi connectivity index (χ4n) is 3.80. The van der Waals surface area contributed by atoms with Crippen LogP contribution in [0.3, 0.4) is 0 Å². The van der Waals surface area contributed by atoms with Gasteiger partial charge in [0.15, 0.2) is 0 Å². The molecule has 24 heavy (non-hydrogen) atoms. The molecule has 3 aliphatic rings. The molecule has 2 aliphatic heterocycles. The molecule has 0 aromatic heterocycles. The summed E-state index contributed by atoms with van der Waals surface area (Å²) in [6.45, 7) is 2.48. The van der Waals surface area contributed by atoms with E-state index < -0.39 is 10.0 Å². The summed E-state index contributed by atoms with van der Waals surface area (Å²) in [5.41, 5.74) is 2.25. The fourth-order valence-corrected chi connectivity index (χ4v) is 4.76. The highest BCUT2D eigenvalue weighted by atomic mass is 32.2. The molecular formula is C17H23N3O3S. The number of amides is 1. The Hall–Kier alpha value is -1.60. The minimum Gasteiger partial charge on any atom is -0.348 e. The summed E-state index contributed by atoms with van der Waals surface area (Å²) < 4.78 is 25.0. The summed E-state index contributed by atoms with van der Waals surface area (Å²) >= 11 is 0. The van der Waals surface area contributed by atoms with Gasteiger partial charge in [0.05, 0.1) is 11.9 Å². The van der Waals surface area contributed by atoms with Gasteiger partial charge in [0.1, 0.15) is 0 Å². The number of hydrogen-bond acceptors (Lipinski definition) is 4. The Morgan fingerprint density at radius 3 is 2.71 bits per heavy atom. The van der Waals surface area contributed by atoms with Crippen molar-refractivity contribution in [2.24, 2.45) is 0 Å². The van der Waals surface area contributed by atoms with Gasteiger partial charge in [-0.3, -0.25) is 14.0 Å². The van der Waals surface area contributed by atoms with Crippen LogP contribution in [0.1, 0.15) is 35.2 Å². The highest BCUT2D eigenvalue weighted by Crippen LogP contribution is 2.31. The van der Waals surface area contributed by atoms with Crippen LogP contribution in [0.25, 0.3) is 0 Å². The average molecular weight is 349 g/mol. The van der Waals surface area contributed by atoms with Crippen molar-refractivity contribution in [3.8, 4) is 0 Å². The molecule has 0 spiro atoms. The van der Waals surface area contributed by atoms with Crippen LogP contribution in [0.15, 0.2) is 18.2 Å². The lowest BCUT2D eigenvalue weighted by Gasteiger charge is -2.17. The summed E-state index contributed by atoms with van der Waals surface area (Å²) in [6.07, 6.45) is 5.47. The first-order valence-corrected chi connectivity index (χ1v) is 10.4. The SMILES string of the molecule is CS(=O)(=O)N1CCc2cc(C(=O)N[C@H]3CCN(C4CC4)C3)ccc21. The van der Waals surface area contributed by atoms with E-state index in [4.69, 9.17) is 0 Å². The van der Waals surface area contributed by atoms with Gasteiger partial charge in [-0.25, -0.2) is 8.42 Å². The number of nitrogens with zero attached hydrogens (tertiary/aromatic N) is 2. The molecule has 1 atom stereocenters. The van der Waals surface area contributed by atoms with Crippen molar-refractivity contribution in [2.75, 3.05) is 30.2 Å². The minimum absolute atomic E-state index is 0.0572. The molecule has 1 aliphatic carbocycles. The molecule has 7 heteroatoms. The molecule has 1 saturated carbocycles. The number of likely N-dealkylation sites (tertiary alicyclic amines) is 1. The average Bonchev–Trinajstić information content (AvgIpc) is 3.11. The predicted molar refractivity (Wildman–Crippen MR) is 92.8 cm³/mol. The van der Waals surface area contributed by atoms with Crippen molar-refractivity contribution in [1.29, 1.82) is 0 Å². The Morgan fingerprint density at radius 2 is 2.00 bits per heavy atom. The number of carbonyl (C=O) groups is 1. The van der Waals surface area contributed by atoms with Gasteiger partial charge in [0.2, 0.25) is 10.0 Å². The Balaban J connectivity index is 1.44. The number of benzene rings is 1. The van der Waals surface area contributed by atoms with E-state index in [2.05, 4.69) is 10.2 Å². The Morgan fingerprint density at radius 1 is 1.21 bits per heavy atom. The lowest BCUT2D eigenvalue weighted by molar-refractivity contribution is 0.0937. The molecule has 2 fully saturated rings. The van der Waals surface area contributed by atoms with E-state index >= 15 is 0 Å². The van der Waals surface area contributed by atoms with Crippen molar-refractivity contribution in [2.45, 2.75) is 37.8 Å². The van der Waals surface area contributed by atoms with E-state index in [1.807, 2.05) is 6.07 Å². The molecule has 2 heterocycles. The van der Waals surface area contributed by atoms with Crippen LogP contribution in [0.5, 0.6) is 0 Å². The van der Waals surface area contributed by atoms with E-state index in [1.54, 1.807) is 12.1 Å².